The first-order valence-electron chi connectivity index (χ1n) is 6.60. The zero-order valence-electron chi connectivity index (χ0n) is 10.6. The quantitative estimate of drug-likeness (QED) is 0.786. The van der Waals surface area contributed by atoms with Gasteiger partial charge in [-0.3, -0.25) is 4.79 Å². The third-order valence-corrected chi connectivity index (χ3v) is 4.96. The molecule has 0 spiro atoms. The first kappa shape index (κ1) is 13.7. The maximum absolute atomic E-state index is 12.0. The third-order valence-electron chi connectivity index (χ3n) is 4.17. The average molecular weight is 268 g/mol. The molecule has 1 saturated heterocycles. The van der Waals surface area contributed by atoms with Gasteiger partial charge >= 0.3 is 0 Å². The summed E-state index contributed by atoms with van der Waals surface area (Å²) in [5.74, 6) is 1.12. The molecule has 0 aromatic carbocycles. The molecule has 1 aliphatic heterocycles. The van der Waals surface area contributed by atoms with Gasteiger partial charge in [-0.05, 0) is 19.3 Å². The van der Waals surface area contributed by atoms with E-state index < -0.39 is 5.60 Å². The van der Waals surface area contributed by atoms with Crippen molar-refractivity contribution in [3.63, 3.8) is 0 Å². The van der Waals surface area contributed by atoms with Crippen molar-refractivity contribution in [3.05, 3.63) is 0 Å². The number of nitrogens with zero attached hydrogens (tertiary/aromatic N) is 2. The Bertz CT molecular complexity index is 355. The van der Waals surface area contributed by atoms with Gasteiger partial charge in [0.1, 0.15) is 0 Å². The zero-order chi connectivity index (χ0) is 13.0. The number of carbonyl (C=O) groups excluding carboxylic acids is 1. The molecule has 0 aromatic rings. The smallest absolute Gasteiger partial charge is 0.232 e. The number of rotatable bonds is 3. The highest BCUT2D eigenvalue weighted by atomic mass is 32.2. The molecule has 1 saturated carbocycles. The molecule has 1 amide bonds. The molecule has 0 bridgehead atoms. The lowest BCUT2D eigenvalue weighted by molar-refractivity contribution is -0.140. The van der Waals surface area contributed by atoms with Gasteiger partial charge in [-0.15, -0.1) is 11.8 Å². The minimum atomic E-state index is -0.519. The number of carbonyl (C=O) groups is 1. The standard InChI is InChI=1S/C13H20N2O2S/c14-6-8-18-10-12(16)15-7-5-13(17)4-2-1-3-11(13)9-15/h11,17H,1-5,7-10H2. The van der Waals surface area contributed by atoms with E-state index in [1.807, 2.05) is 11.0 Å². The molecule has 100 valence electrons. The molecule has 18 heavy (non-hydrogen) atoms. The SMILES string of the molecule is N#CCSCC(=O)N1CCC2(O)CCCCC2C1. The number of amides is 1. The maximum Gasteiger partial charge on any atom is 0.232 e. The summed E-state index contributed by atoms with van der Waals surface area (Å²) in [4.78, 5) is 13.8. The van der Waals surface area contributed by atoms with E-state index in [9.17, 15) is 9.90 Å². The van der Waals surface area contributed by atoms with Crippen LogP contribution in [0.2, 0.25) is 0 Å². The van der Waals surface area contributed by atoms with Gasteiger partial charge in [0.25, 0.3) is 0 Å². The van der Waals surface area contributed by atoms with Crippen molar-refractivity contribution in [3.8, 4) is 6.07 Å². The van der Waals surface area contributed by atoms with E-state index in [0.29, 0.717) is 31.0 Å². The number of thioether (sulfide) groups is 1. The number of likely N-dealkylation sites (tertiary alicyclic amines) is 1. The van der Waals surface area contributed by atoms with Crippen LogP contribution in [0.3, 0.4) is 0 Å². The largest absolute Gasteiger partial charge is 0.389 e. The summed E-state index contributed by atoms with van der Waals surface area (Å²) in [5.41, 5.74) is -0.519. The van der Waals surface area contributed by atoms with Crippen LogP contribution in [0.15, 0.2) is 0 Å². The molecule has 1 N–H and O–H groups in total. The van der Waals surface area contributed by atoms with Crippen LogP contribution in [0.25, 0.3) is 0 Å². The minimum Gasteiger partial charge on any atom is -0.389 e. The fraction of sp³-hybridized carbons (Fsp3) is 0.846. The van der Waals surface area contributed by atoms with E-state index in [-0.39, 0.29) is 11.8 Å². The summed E-state index contributed by atoms with van der Waals surface area (Å²) in [7, 11) is 0. The summed E-state index contributed by atoms with van der Waals surface area (Å²) < 4.78 is 0. The Morgan fingerprint density at radius 3 is 3.11 bits per heavy atom. The topological polar surface area (TPSA) is 64.3 Å². The molecule has 2 aliphatic rings. The number of aliphatic hydroxyl groups is 1. The highest BCUT2D eigenvalue weighted by molar-refractivity contribution is 8.00. The van der Waals surface area contributed by atoms with E-state index in [4.69, 9.17) is 5.26 Å². The number of piperidine rings is 1. The van der Waals surface area contributed by atoms with Crippen LogP contribution in [-0.2, 0) is 4.79 Å². The Morgan fingerprint density at radius 1 is 1.50 bits per heavy atom. The van der Waals surface area contributed by atoms with E-state index in [2.05, 4.69) is 0 Å². The van der Waals surface area contributed by atoms with Crippen molar-refractivity contribution in [2.24, 2.45) is 5.92 Å². The van der Waals surface area contributed by atoms with Crippen molar-refractivity contribution in [2.75, 3.05) is 24.6 Å². The van der Waals surface area contributed by atoms with Gasteiger partial charge in [-0.25, -0.2) is 0 Å². The van der Waals surface area contributed by atoms with Crippen LogP contribution in [0.5, 0.6) is 0 Å². The average Bonchev–Trinajstić information content (AvgIpc) is 2.37. The lowest BCUT2D eigenvalue weighted by Crippen LogP contribution is -2.55. The highest BCUT2D eigenvalue weighted by Crippen LogP contribution is 2.39. The summed E-state index contributed by atoms with van der Waals surface area (Å²) in [5, 5.41) is 19.0. The van der Waals surface area contributed by atoms with Crippen LogP contribution in [0.4, 0.5) is 0 Å². The lowest BCUT2D eigenvalue weighted by atomic mass is 9.71. The molecule has 1 heterocycles. The van der Waals surface area contributed by atoms with E-state index in [0.717, 1.165) is 25.7 Å². The predicted molar refractivity (Wildman–Crippen MR) is 71.0 cm³/mol. The molecule has 1 aliphatic carbocycles. The molecule has 2 rings (SSSR count). The van der Waals surface area contributed by atoms with Crippen molar-refractivity contribution in [1.29, 1.82) is 5.26 Å². The number of fused-ring (bicyclic) bond motifs is 1. The molecular formula is C13H20N2O2S. The maximum atomic E-state index is 12.0. The number of nitriles is 1. The Hall–Kier alpha value is -0.730. The summed E-state index contributed by atoms with van der Waals surface area (Å²) in [6.07, 6.45) is 4.91. The molecule has 2 fully saturated rings. The van der Waals surface area contributed by atoms with Crippen molar-refractivity contribution in [2.45, 2.75) is 37.7 Å². The summed E-state index contributed by atoms with van der Waals surface area (Å²) >= 11 is 1.37. The fourth-order valence-electron chi connectivity index (χ4n) is 3.07. The molecule has 2 unspecified atom stereocenters. The zero-order valence-corrected chi connectivity index (χ0v) is 11.4. The van der Waals surface area contributed by atoms with Crippen molar-refractivity contribution >= 4 is 17.7 Å². The lowest BCUT2D eigenvalue weighted by Gasteiger charge is -2.47. The highest BCUT2D eigenvalue weighted by Gasteiger charge is 2.43. The molecule has 0 aromatic heterocycles. The van der Waals surface area contributed by atoms with E-state index in [1.54, 1.807) is 0 Å². The normalized spacial score (nSPS) is 31.6. The monoisotopic (exact) mass is 268 g/mol. The number of hydrogen-bond donors (Lipinski definition) is 1. The summed E-state index contributed by atoms with van der Waals surface area (Å²) in [6.45, 7) is 1.36. The Kier molecular flexibility index (Phi) is 4.52. The fourth-order valence-corrected chi connectivity index (χ4v) is 3.62. The van der Waals surface area contributed by atoms with E-state index in [1.165, 1.54) is 11.8 Å². The molecule has 4 nitrogen and oxygen atoms in total. The Morgan fingerprint density at radius 2 is 2.33 bits per heavy atom. The van der Waals surface area contributed by atoms with E-state index >= 15 is 0 Å². The van der Waals surface area contributed by atoms with Gasteiger partial charge in [0.05, 0.1) is 23.2 Å². The molecule has 2 atom stereocenters. The second-order valence-corrected chi connectivity index (χ2v) is 6.27. The summed E-state index contributed by atoms with van der Waals surface area (Å²) in [6, 6.07) is 2.03. The van der Waals surface area contributed by atoms with Crippen LogP contribution in [-0.4, -0.2) is 46.1 Å². The third kappa shape index (κ3) is 2.99. The molecule has 5 heteroatoms. The Balaban J connectivity index is 1.86. The van der Waals surface area contributed by atoms with Gasteiger partial charge in [0.2, 0.25) is 5.91 Å². The number of hydrogen-bond acceptors (Lipinski definition) is 4. The van der Waals surface area contributed by atoms with Crippen LogP contribution in [0, 0.1) is 17.2 Å². The molecular weight excluding hydrogens is 248 g/mol. The van der Waals surface area contributed by atoms with Crippen molar-refractivity contribution in [1.82, 2.24) is 4.90 Å². The first-order chi connectivity index (χ1) is 8.65. The second kappa shape index (κ2) is 5.94. The van der Waals surface area contributed by atoms with Gasteiger partial charge in [-0.1, -0.05) is 12.8 Å². The van der Waals surface area contributed by atoms with Gasteiger partial charge < -0.3 is 10.0 Å². The van der Waals surface area contributed by atoms with Crippen molar-refractivity contribution < 1.29 is 9.90 Å². The second-order valence-electron chi connectivity index (χ2n) is 5.29. The molecule has 0 radical (unpaired) electrons. The Labute approximate surface area is 112 Å². The first-order valence-corrected chi connectivity index (χ1v) is 7.76. The van der Waals surface area contributed by atoms with Gasteiger partial charge in [-0.2, -0.15) is 5.26 Å². The minimum absolute atomic E-state index is 0.114. The predicted octanol–water partition coefficient (Wildman–Crippen LogP) is 1.40. The van der Waals surface area contributed by atoms with Gasteiger partial charge in [0, 0.05) is 19.0 Å². The van der Waals surface area contributed by atoms with Crippen LogP contribution < -0.4 is 0 Å². The van der Waals surface area contributed by atoms with Crippen LogP contribution in [0.1, 0.15) is 32.1 Å². The van der Waals surface area contributed by atoms with Crippen LogP contribution >= 0.6 is 11.8 Å². The van der Waals surface area contributed by atoms with Gasteiger partial charge in [0.15, 0.2) is 0 Å².